The molecule has 7 heteroatoms. The van der Waals surface area contributed by atoms with Gasteiger partial charge in [-0.25, -0.2) is 13.7 Å². The van der Waals surface area contributed by atoms with Gasteiger partial charge in [0.2, 0.25) is 0 Å². The number of H-pyrrole nitrogens is 1. The summed E-state index contributed by atoms with van der Waals surface area (Å²) in [6.07, 6.45) is 2.98. The third-order valence-electron chi connectivity index (χ3n) is 4.60. The first-order chi connectivity index (χ1) is 13.1. The lowest BCUT2D eigenvalue weighted by atomic mass is 10.1. The fourth-order valence-corrected chi connectivity index (χ4v) is 4.31. The zero-order valence-electron chi connectivity index (χ0n) is 14.5. The molecule has 0 amide bonds. The number of piperidine rings is 1. The van der Waals surface area contributed by atoms with Gasteiger partial charge < -0.3 is 10.1 Å². The van der Waals surface area contributed by atoms with Gasteiger partial charge in [0.1, 0.15) is 11.6 Å². The Kier molecular flexibility index (Phi) is 5.50. The molecular formula is C20H19ClFN3OS. The van der Waals surface area contributed by atoms with Crippen molar-refractivity contribution in [1.29, 1.82) is 0 Å². The van der Waals surface area contributed by atoms with Crippen LogP contribution in [0.3, 0.4) is 0 Å². The van der Waals surface area contributed by atoms with E-state index in [1.54, 1.807) is 36.3 Å². The fourth-order valence-electron chi connectivity index (χ4n) is 3.08. The van der Waals surface area contributed by atoms with E-state index >= 15 is 0 Å². The Labute approximate surface area is 166 Å². The summed E-state index contributed by atoms with van der Waals surface area (Å²) >= 11 is 7.97. The van der Waals surface area contributed by atoms with Crippen LogP contribution >= 0.6 is 23.5 Å². The molecule has 4 rings (SSSR count). The minimum absolute atomic E-state index is 0.205. The predicted octanol–water partition coefficient (Wildman–Crippen LogP) is 5.00. The molecule has 1 saturated heterocycles. The van der Waals surface area contributed by atoms with Crippen LogP contribution in [0.25, 0.3) is 22.6 Å². The molecule has 1 aliphatic heterocycles. The van der Waals surface area contributed by atoms with E-state index in [2.05, 4.69) is 14.3 Å². The van der Waals surface area contributed by atoms with Crippen molar-refractivity contribution in [3.05, 3.63) is 59.5 Å². The van der Waals surface area contributed by atoms with Gasteiger partial charge in [-0.1, -0.05) is 23.7 Å². The number of imidazole rings is 1. The van der Waals surface area contributed by atoms with Crippen molar-refractivity contribution in [2.45, 2.75) is 23.8 Å². The summed E-state index contributed by atoms with van der Waals surface area (Å²) in [5.74, 6) is 0.383. The monoisotopic (exact) mass is 403 g/mol. The first-order valence-corrected chi connectivity index (χ1v) is 9.96. The summed E-state index contributed by atoms with van der Waals surface area (Å²) in [5, 5.41) is 10.3. The molecule has 4 nitrogen and oxygen atoms in total. The summed E-state index contributed by atoms with van der Waals surface area (Å²) in [6.45, 7) is 1.65. The van der Waals surface area contributed by atoms with Gasteiger partial charge in [-0.2, -0.15) is 0 Å². The summed E-state index contributed by atoms with van der Waals surface area (Å²) in [6, 6.07) is 12.4. The van der Waals surface area contributed by atoms with Crippen LogP contribution in [0.4, 0.5) is 4.39 Å². The van der Waals surface area contributed by atoms with Crippen LogP contribution in [0.5, 0.6) is 0 Å². The Hall–Kier alpha value is -1.86. The van der Waals surface area contributed by atoms with Gasteiger partial charge in [0.15, 0.2) is 0 Å². The van der Waals surface area contributed by atoms with Gasteiger partial charge in [0.05, 0.1) is 23.0 Å². The van der Waals surface area contributed by atoms with E-state index in [9.17, 15) is 9.50 Å². The molecule has 2 N–H and O–H groups in total. The molecule has 140 valence electrons. The predicted molar refractivity (Wildman–Crippen MR) is 107 cm³/mol. The van der Waals surface area contributed by atoms with Gasteiger partial charge in [0, 0.05) is 29.1 Å². The van der Waals surface area contributed by atoms with Crippen LogP contribution in [0.1, 0.15) is 12.8 Å². The lowest BCUT2D eigenvalue weighted by molar-refractivity contribution is 0.116. The van der Waals surface area contributed by atoms with Crippen molar-refractivity contribution in [1.82, 2.24) is 14.3 Å². The molecule has 0 saturated carbocycles. The number of halogens is 2. The summed E-state index contributed by atoms with van der Waals surface area (Å²) in [4.78, 5) is 8.54. The smallest absolute Gasteiger partial charge is 0.137 e. The number of aliphatic hydroxyl groups excluding tert-OH is 1. The summed E-state index contributed by atoms with van der Waals surface area (Å²) < 4.78 is 16.2. The van der Waals surface area contributed by atoms with E-state index in [1.165, 1.54) is 6.07 Å². The van der Waals surface area contributed by atoms with Crippen molar-refractivity contribution in [3.8, 4) is 22.6 Å². The summed E-state index contributed by atoms with van der Waals surface area (Å²) in [5.41, 5.74) is 2.02. The minimum atomic E-state index is -0.285. The Bertz CT molecular complexity index is 940. The molecule has 0 bridgehead atoms. The molecule has 0 aliphatic carbocycles. The Morgan fingerprint density at radius 1 is 1.19 bits per heavy atom. The highest BCUT2D eigenvalue weighted by Gasteiger charge is 2.19. The van der Waals surface area contributed by atoms with Crippen LogP contribution in [0, 0.1) is 5.82 Å². The molecule has 3 aromatic rings. The molecule has 0 unspecified atom stereocenters. The van der Waals surface area contributed by atoms with E-state index in [1.807, 2.05) is 18.2 Å². The Morgan fingerprint density at radius 3 is 2.74 bits per heavy atom. The molecule has 1 aromatic heterocycles. The molecule has 2 aromatic carbocycles. The Morgan fingerprint density at radius 2 is 1.96 bits per heavy atom. The first kappa shape index (κ1) is 18.5. The zero-order valence-corrected chi connectivity index (χ0v) is 16.1. The molecule has 1 fully saturated rings. The van der Waals surface area contributed by atoms with Gasteiger partial charge >= 0.3 is 0 Å². The lowest BCUT2D eigenvalue weighted by Gasteiger charge is -2.28. The van der Waals surface area contributed by atoms with Crippen molar-refractivity contribution in [2.24, 2.45) is 0 Å². The number of nitrogens with one attached hydrogen (secondary N) is 1. The van der Waals surface area contributed by atoms with Crippen molar-refractivity contribution >= 4 is 23.5 Å². The second-order valence-corrected chi connectivity index (χ2v) is 8.07. The molecule has 0 spiro atoms. The number of aromatic nitrogens is 2. The highest BCUT2D eigenvalue weighted by molar-refractivity contribution is 7.97. The van der Waals surface area contributed by atoms with Crippen LogP contribution in [0.2, 0.25) is 5.02 Å². The first-order valence-electron chi connectivity index (χ1n) is 8.81. The average Bonchev–Trinajstić information content (AvgIpc) is 3.15. The van der Waals surface area contributed by atoms with Crippen LogP contribution in [0.15, 0.2) is 53.6 Å². The van der Waals surface area contributed by atoms with Gasteiger partial charge in [-0.3, -0.25) is 0 Å². The fraction of sp³-hybridized carbons (Fsp3) is 0.250. The second-order valence-electron chi connectivity index (χ2n) is 6.52. The number of aromatic amines is 1. The van der Waals surface area contributed by atoms with Gasteiger partial charge in [0.25, 0.3) is 0 Å². The second kappa shape index (κ2) is 8.02. The Balaban J connectivity index is 1.57. The maximum Gasteiger partial charge on any atom is 0.137 e. The van der Waals surface area contributed by atoms with Crippen LogP contribution < -0.4 is 0 Å². The topological polar surface area (TPSA) is 52.1 Å². The van der Waals surface area contributed by atoms with Crippen molar-refractivity contribution in [3.63, 3.8) is 0 Å². The highest BCUT2D eigenvalue weighted by Crippen LogP contribution is 2.35. The van der Waals surface area contributed by atoms with Gasteiger partial charge in [-0.05, 0) is 55.1 Å². The summed E-state index contributed by atoms with van der Waals surface area (Å²) in [7, 11) is 0. The number of hydrogen-bond donors (Lipinski definition) is 2. The number of hydrogen-bond acceptors (Lipinski definition) is 4. The molecule has 0 radical (unpaired) electrons. The van der Waals surface area contributed by atoms with Crippen molar-refractivity contribution in [2.75, 3.05) is 13.1 Å². The van der Waals surface area contributed by atoms with Crippen molar-refractivity contribution < 1.29 is 9.50 Å². The molecule has 2 heterocycles. The standard InChI is InChI=1S/C20H19ClFN3OS/c21-16-6-5-13(11-19(16)27-25-9-7-14(26)8-10-25)20-23-12-18(24-20)15-3-1-2-4-17(15)22/h1-6,11-12,14,26H,7-10H2,(H,23,24). The number of aliphatic hydroxyl groups is 1. The van der Waals surface area contributed by atoms with E-state index < -0.39 is 0 Å². The lowest BCUT2D eigenvalue weighted by Crippen LogP contribution is -2.31. The van der Waals surface area contributed by atoms with Crippen LogP contribution in [-0.4, -0.2) is 38.6 Å². The largest absolute Gasteiger partial charge is 0.393 e. The van der Waals surface area contributed by atoms with E-state index in [0.29, 0.717) is 22.1 Å². The third-order valence-corrected chi connectivity index (χ3v) is 6.19. The van der Waals surface area contributed by atoms with E-state index in [4.69, 9.17) is 11.6 Å². The number of rotatable bonds is 4. The zero-order chi connectivity index (χ0) is 18.8. The highest BCUT2D eigenvalue weighted by atomic mass is 35.5. The normalized spacial score (nSPS) is 16.0. The quantitative estimate of drug-likeness (QED) is 0.602. The number of nitrogens with zero attached hydrogens (tertiary/aromatic N) is 2. The van der Waals surface area contributed by atoms with Gasteiger partial charge in [-0.15, -0.1) is 0 Å². The molecule has 27 heavy (non-hydrogen) atoms. The van der Waals surface area contributed by atoms with E-state index in [-0.39, 0.29) is 11.9 Å². The average molecular weight is 404 g/mol. The van der Waals surface area contributed by atoms with E-state index in [0.717, 1.165) is 36.4 Å². The SMILES string of the molecule is OC1CCN(Sc2cc(-c3ncc(-c4ccccc4F)[nH]3)ccc2Cl)CC1. The maximum absolute atomic E-state index is 14.0. The third kappa shape index (κ3) is 4.19. The molecule has 0 atom stereocenters. The minimum Gasteiger partial charge on any atom is -0.393 e. The molecule has 1 aliphatic rings. The molecular weight excluding hydrogens is 385 g/mol. The maximum atomic E-state index is 14.0. The van der Waals surface area contributed by atoms with Crippen LogP contribution in [-0.2, 0) is 0 Å². The number of benzene rings is 2.